The predicted octanol–water partition coefficient (Wildman–Crippen LogP) is 20.0. The van der Waals surface area contributed by atoms with Gasteiger partial charge in [-0.25, -0.2) is 58.6 Å². The van der Waals surface area contributed by atoms with Crippen LogP contribution in [0.2, 0.25) is 5.15 Å². The summed E-state index contributed by atoms with van der Waals surface area (Å²) in [4.78, 5) is 108. The lowest BCUT2D eigenvalue weighted by molar-refractivity contribution is -0.121. The molecule has 1 aliphatic rings. The summed E-state index contributed by atoms with van der Waals surface area (Å²) >= 11 is 6.04. The van der Waals surface area contributed by atoms with Gasteiger partial charge in [-0.2, -0.15) is 0 Å². The van der Waals surface area contributed by atoms with E-state index in [0.717, 1.165) is 86.8 Å². The molecule has 0 radical (unpaired) electrons. The molecular weight excluding hydrogens is 1760 g/mol. The van der Waals surface area contributed by atoms with Crippen molar-refractivity contribution < 1.29 is 53.2 Å². The Labute approximate surface area is 798 Å². The van der Waals surface area contributed by atoms with Gasteiger partial charge in [0.15, 0.2) is 28.2 Å². The molecular formula is C105H117ClF2N20O9. The van der Waals surface area contributed by atoms with Gasteiger partial charge < -0.3 is 20.4 Å². The number of aromatic nitrogens is 15. The largest absolute Gasteiger partial charge is 0.385 e. The maximum atomic E-state index is 13.4. The first-order valence-corrected chi connectivity index (χ1v) is 45.9. The maximum absolute atomic E-state index is 13.4. The van der Waals surface area contributed by atoms with Crippen LogP contribution in [0.5, 0.6) is 0 Å². The molecule has 712 valence electrons. The van der Waals surface area contributed by atoms with Crippen LogP contribution >= 0.6 is 11.6 Å². The number of hydrogen-bond donors (Lipinski definition) is 9. The Kier molecular flexibility index (Phi) is 31.3. The molecule has 0 aliphatic heterocycles. The number of fused-ring (bicyclic) bond motifs is 5. The van der Waals surface area contributed by atoms with Crippen molar-refractivity contribution in [3.8, 4) is 11.4 Å². The first kappa shape index (κ1) is 100. The zero-order valence-electron chi connectivity index (χ0n) is 79.8. The molecule has 9 N–H and O–H groups in total. The molecule has 1 saturated carbocycles. The minimum Gasteiger partial charge on any atom is -0.385 e. The van der Waals surface area contributed by atoms with Crippen LogP contribution in [0.4, 0.5) is 38.5 Å². The van der Waals surface area contributed by atoms with Crippen molar-refractivity contribution in [3.63, 3.8) is 0 Å². The monoisotopic (exact) mass is 1870 g/mol. The van der Waals surface area contributed by atoms with Gasteiger partial charge in [-0.05, 0) is 230 Å². The number of nitrogens with one attached hydrogen (secondary N) is 5. The lowest BCUT2D eigenvalue weighted by Crippen LogP contribution is -2.30. The van der Waals surface area contributed by atoms with Crippen LogP contribution in [0.25, 0.3) is 67.2 Å². The quantitative estimate of drug-likeness (QED) is 0.0240. The summed E-state index contributed by atoms with van der Waals surface area (Å²) in [6.45, 7) is 32.3. The number of pyridine rings is 5. The number of halogens is 3. The molecule has 10 aromatic heterocycles. The van der Waals surface area contributed by atoms with Crippen molar-refractivity contribution in [2.45, 2.75) is 204 Å². The second-order valence-corrected chi connectivity index (χ2v) is 38.1. The van der Waals surface area contributed by atoms with Gasteiger partial charge in [-0.15, -0.1) is 0 Å². The van der Waals surface area contributed by atoms with Crippen molar-refractivity contribution in [2.75, 3.05) is 26.6 Å². The van der Waals surface area contributed by atoms with E-state index in [-0.39, 0.29) is 71.7 Å². The van der Waals surface area contributed by atoms with Gasteiger partial charge in [-0.3, -0.25) is 73.4 Å². The molecule has 137 heavy (non-hydrogen) atoms. The maximum Gasteiger partial charge on any atom is 0.229 e. The van der Waals surface area contributed by atoms with Crippen LogP contribution in [0.1, 0.15) is 184 Å². The highest BCUT2D eigenvalue weighted by molar-refractivity contribution is 6.29. The Morgan fingerprint density at radius 1 is 0.358 bits per heavy atom. The van der Waals surface area contributed by atoms with E-state index in [0.29, 0.717) is 99.1 Å². The first-order chi connectivity index (χ1) is 64.9. The van der Waals surface area contributed by atoms with E-state index in [9.17, 15) is 53.2 Å². The molecule has 0 spiro atoms. The highest BCUT2D eigenvalue weighted by Gasteiger charge is 2.35. The second kappa shape index (κ2) is 42.8. The Hall–Kier alpha value is -14.2. The van der Waals surface area contributed by atoms with E-state index in [2.05, 4.69) is 125 Å². The standard InChI is InChI=1S/C23H21FN4O2.C22H18ClFN4O2.C22H26N4O2.C21H26N4O2.C17H26N4O/c1-15-8-13-19-21(25-15)28(18-11-9-17(24)10-12-18)22(26-19)27-20(29)14-23(2,30)16-6-4-3-5-7-16;1-22(30,14-5-3-2-4-6-14)13-19(29)27-21-25-17-11-12-18(23)26-20(17)28(21)16-9-7-15(24)8-10-16;1-14-6-4-7-16(12-14)22(3,28)13-19(27)25-21-24-18-11-10-15(2)23-20(18)26(21)17-8-5-9-17;1-14(2)13-25-19-17(11-10-15(3)22-19)23-20(25)24-18(26)12-21(4,27)16-8-6-5-7-9-16;1-11(2)10-21-15-13(8-7-12(3)18-15)19-16(21)20-14(22)9-17(4,5)6/h3-13,30H,14H2,1-2H3,(H,26,27,29);2-12,30H,13H2,1H3,(H,25,27,29);4,6-7,10-12,17,28H,5,8-9,13H2,1-3H3,(H,24,25,27);5-11,14,27H,12-13H2,1-4H3,(H,23,24,26);7-8,11H,9-10H2,1-6H3,(H,19,20,22)/t23-;22-;;21-;/m00.0./s1. The third-order valence-corrected chi connectivity index (χ3v) is 23.0. The van der Waals surface area contributed by atoms with Crippen LogP contribution in [0.3, 0.4) is 0 Å². The fraction of sp³-hybridized carbons (Fsp3) is 0.324. The number of benzene rings is 6. The van der Waals surface area contributed by atoms with Gasteiger partial charge in [-0.1, -0.05) is 181 Å². The molecule has 16 aromatic rings. The third-order valence-electron chi connectivity index (χ3n) is 22.8. The molecule has 32 heteroatoms. The van der Waals surface area contributed by atoms with E-state index < -0.39 is 40.0 Å². The molecule has 10 heterocycles. The summed E-state index contributed by atoms with van der Waals surface area (Å²) in [5.41, 5.74) is 10.0. The zero-order chi connectivity index (χ0) is 98.6. The number of amides is 5. The summed E-state index contributed by atoms with van der Waals surface area (Å²) in [7, 11) is 0. The number of rotatable bonds is 25. The summed E-state index contributed by atoms with van der Waals surface area (Å²) in [6, 6.07) is 65.1. The van der Waals surface area contributed by atoms with Crippen molar-refractivity contribution in [1.82, 2.24) is 72.7 Å². The molecule has 5 amide bonds. The normalized spacial score (nSPS) is 13.8. The van der Waals surface area contributed by atoms with Crippen LogP contribution in [0, 0.1) is 63.5 Å². The molecule has 1 aliphatic carbocycles. The molecule has 0 bridgehead atoms. The number of nitrogens with zero attached hydrogens (tertiary/aromatic N) is 15. The fourth-order valence-corrected chi connectivity index (χ4v) is 15.9. The molecule has 17 rings (SSSR count). The minimum atomic E-state index is -1.36. The summed E-state index contributed by atoms with van der Waals surface area (Å²) < 4.78 is 36.1. The highest BCUT2D eigenvalue weighted by atomic mass is 35.5. The minimum absolute atomic E-state index is 0.00969. The number of aliphatic hydroxyl groups is 4. The van der Waals surface area contributed by atoms with Gasteiger partial charge in [0.25, 0.3) is 0 Å². The molecule has 29 nitrogen and oxygen atoms in total. The van der Waals surface area contributed by atoms with Crippen LogP contribution in [0.15, 0.2) is 224 Å². The lowest BCUT2D eigenvalue weighted by atomic mass is 9.91. The lowest BCUT2D eigenvalue weighted by Gasteiger charge is -2.29. The number of carbonyl (C=O) groups excluding carboxylic acids is 5. The Morgan fingerprint density at radius 3 is 1.03 bits per heavy atom. The Bertz CT molecular complexity index is 6790. The van der Waals surface area contributed by atoms with Gasteiger partial charge >= 0.3 is 0 Å². The summed E-state index contributed by atoms with van der Waals surface area (Å²) in [5.74, 6) is 0.673. The van der Waals surface area contributed by atoms with Crippen molar-refractivity contribution in [3.05, 3.63) is 292 Å². The fourth-order valence-electron chi connectivity index (χ4n) is 15.8. The van der Waals surface area contributed by atoms with Crippen LogP contribution in [-0.2, 0) is 59.5 Å². The van der Waals surface area contributed by atoms with Gasteiger partial charge in [0.2, 0.25) is 59.3 Å². The number of hydrogen-bond acceptors (Lipinski definition) is 19. The molecule has 1 unspecified atom stereocenters. The Balaban J connectivity index is 0.000000145. The second-order valence-electron chi connectivity index (χ2n) is 37.7. The van der Waals surface area contributed by atoms with Gasteiger partial charge in [0, 0.05) is 48.3 Å². The van der Waals surface area contributed by atoms with E-state index in [1.165, 1.54) is 30.7 Å². The predicted molar refractivity (Wildman–Crippen MR) is 531 cm³/mol. The average Bonchev–Trinajstić information content (AvgIpc) is 1.60. The van der Waals surface area contributed by atoms with E-state index >= 15 is 0 Å². The van der Waals surface area contributed by atoms with Gasteiger partial charge in [0.1, 0.15) is 44.4 Å². The Morgan fingerprint density at radius 2 is 0.664 bits per heavy atom. The number of carbonyl (C=O) groups is 5. The average molecular weight is 1880 g/mol. The van der Waals surface area contributed by atoms with E-state index in [1.54, 1.807) is 110 Å². The molecule has 4 atom stereocenters. The summed E-state index contributed by atoms with van der Waals surface area (Å²) in [5, 5.41) is 57.7. The number of imidazole rings is 5. The topological polar surface area (TPSA) is 380 Å². The van der Waals surface area contributed by atoms with Crippen molar-refractivity contribution in [2.24, 2.45) is 17.3 Å². The number of aryl methyl sites for hydroxylation is 5. The molecule has 1 fully saturated rings. The van der Waals surface area contributed by atoms with Crippen molar-refractivity contribution >= 4 is 127 Å². The van der Waals surface area contributed by atoms with Crippen LogP contribution < -0.4 is 26.6 Å². The molecule has 6 aromatic carbocycles. The SMILES string of the molecule is C[C@](O)(CC(=O)Nc1nc2ccc(Cl)nc2n1-c1ccc(F)cc1)c1ccccc1.Cc1ccc2nc(NC(=O)CC(C)(C)C)n(CC(C)C)c2n1.Cc1ccc2nc(NC(=O)C[C@](C)(O)c3ccccc3)n(-c3ccc(F)cc3)c2n1.Cc1ccc2nc(NC(=O)C[C@](C)(O)c3ccccc3)n(CC(C)C)c2n1.Cc1cccc(C(C)(O)CC(=O)Nc2nc3ccc(C)nc3n2C2CCC2)c1. The number of anilines is 5. The van der Waals surface area contributed by atoms with E-state index in [1.807, 2.05) is 176 Å². The smallest absolute Gasteiger partial charge is 0.229 e. The summed E-state index contributed by atoms with van der Waals surface area (Å²) in [6.07, 6.45) is 3.31. The van der Waals surface area contributed by atoms with Crippen molar-refractivity contribution in [1.29, 1.82) is 0 Å². The van der Waals surface area contributed by atoms with Gasteiger partial charge in [0.05, 0.1) is 59.5 Å². The zero-order valence-corrected chi connectivity index (χ0v) is 80.6. The van der Waals surface area contributed by atoms with Crippen LogP contribution in [-0.4, -0.2) is 123 Å². The highest BCUT2D eigenvalue weighted by Crippen LogP contribution is 2.39. The third kappa shape index (κ3) is 25.9. The van der Waals surface area contributed by atoms with E-state index in [4.69, 9.17) is 11.6 Å². The molecule has 0 saturated heterocycles. The first-order valence-electron chi connectivity index (χ1n) is 45.5.